The Kier molecular flexibility index (Phi) is 5.10. The molecule has 2 heterocycles. The van der Waals surface area contributed by atoms with Gasteiger partial charge in [-0.05, 0) is 50.2 Å². The van der Waals surface area contributed by atoms with Gasteiger partial charge in [0.15, 0.2) is 0 Å². The van der Waals surface area contributed by atoms with Gasteiger partial charge in [0, 0.05) is 49.3 Å². The maximum atomic E-state index is 13.1. The molecule has 0 aliphatic carbocycles. The fourth-order valence-corrected chi connectivity index (χ4v) is 3.38. The van der Waals surface area contributed by atoms with Crippen molar-refractivity contribution in [2.45, 2.75) is 13.8 Å². The first kappa shape index (κ1) is 18.2. The van der Waals surface area contributed by atoms with E-state index in [1.807, 2.05) is 37.3 Å². The van der Waals surface area contributed by atoms with Crippen molar-refractivity contribution in [3.63, 3.8) is 0 Å². The molecule has 3 aromatic rings. The van der Waals surface area contributed by atoms with Crippen LogP contribution in [-0.4, -0.2) is 36.1 Å². The summed E-state index contributed by atoms with van der Waals surface area (Å²) in [5.74, 6) is 1.34. The Morgan fingerprint density at radius 3 is 2.14 bits per heavy atom. The van der Waals surface area contributed by atoms with E-state index in [0.29, 0.717) is 5.95 Å². The SMILES string of the molecule is Cc1ccc(Nc2nc(C)cc(N3CCN(c4ccc(F)cc4)CC3)n2)cc1. The van der Waals surface area contributed by atoms with Gasteiger partial charge in [-0.2, -0.15) is 4.98 Å². The summed E-state index contributed by atoms with van der Waals surface area (Å²) in [6, 6.07) is 16.9. The molecule has 1 N–H and O–H groups in total. The van der Waals surface area contributed by atoms with E-state index in [9.17, 15) is 4.39 Å². The quantitative estimate of drug-likeness (QED) is 0.734. The first-order valence-corrected chi connectivity index (χ1v) is 9.52. The Morgan fingerprint density at radius 2 is 1.46 bits per heavy atom. The molecule has 1 aliphatic heterocycles. The fourth-order valence-electron chi connectivity index (χ4n) is 3.38. The molecular formula is C22H24FN5. The average Bonchev–Trinajstić information content (AvgIpc) is 2.70. The van der Waals surface area contributed by atoms with E-state index in [2.05, 4.69) is 39.2 Å². The monoisotopic (exact) mass is 377 g/mol. The zero-order valence-electron chi connectivity index (χ0n) is 16.2. The minimum Gasteiger partial charge on any atom is -0.368 e. The Balaban J connectivity index is 1.45. The van der Waals surface area contributed by atoms with Crippen molar-refractivity contribution in [3.05, 3.63) is 71.7 Å². The lowest BCUT2D eigenvalue weighted by Gasteiger charge is -2.36. The largest absolute Gasteiger partial charge is 0.368 e. The van der Waals surface area contributed by atoms with Crippen LogP contribution >= 0.6 is 0 Å². The van der Waals surface area contributed by atoms with Crippen molar-refractivity contribution in [1.29, 1.82) is 0 Å². The van der Waals surface area contributed by atoms with E-state index >= 15 is 0 Å². The number of hydrogen-bond acceptors (Lipinski definition) is 5. The second kappa shape index (κ2) is 7.84. The number of hydrogen-bond donors (Lipinski definition) is 1. The molecule has 144 valence electrons. The number of anilines is 4. The number of piperazine rings is 1. The molecule has 1 aromatic heterocycles. The molecule has 2 aromatic carbocycles. The van der Waals surface area contributed by atoms with E-state index < -0.39 is 0 Å². The highest BCUT2D eigenvalue weighted by Gasteiger charge is 2.19. The molecule has 6 heteroatoms. The van der Waals surface area contributed by atoms with Crippen molar-refractivity contribution in [2.24, 2.45) is 0 Å². The highest BCUT2D eigenvalue weighted by Crippen LogP contribution is 2.22. The van der Waals surface area contributed by atoms with Crippen LogP contribution in [0.3, 0.4) is 0 Å². The van der Waals surface area contributed by atoms with Gasteiger partial charge in [-0.1, -0.05) is 17.7 Å². The summed E-state index contributed by atoms with van der Waals surface area (Å²) in [7, 11) is 0. The van der Waals surface area contributed by atoms with Gasteiger partial charge in [0.1, 0.15) is 11.6 Å². The molecule has 1 saturated heterocycles. The Morgan fingerprint density at radius 1 is 0.821 bits per heavy atom. The van der Waals surface area contributed by atoms with Crippen LogP contribution in [0.25, 0.3) is 0 Å². The van der Waals surface area contributed by atoms with E-state index in [1.54, 1.807) is 0 Å². The lowest BCUT2D eigenvalue weighted by atomic mass is 10.2. The average molecular weight is 377 g/mol. The summed E-state index contributed by atoms with van der Waals surface area (Å²) in [5, 5.41) is 3.30. The molecule has 0 amide bonds. The van der Waals surface area contributed by atoms with Gasteiger partial charge in [-0.3, -0.25) is 0 Å². The first-order valence-electron chi connectivity index (χ1n) is 9.52. The molecule has 0 bridgehead atoms. The number of nitrogens with zero attached hydrogens (tertiary/aromatic N) is 4. The third-order valence-corrected chi connectivity index (χ3v) is 4.94. The zero-order valence-corrected chi connectivity index (χ0v) is 16.2. The van der Waals surface area contributed by atoms with E-state index in [0.717, 1.165) is 49.1 Å². The second-order valence-corrected chi connectivity index (χ2v) is 7.13. The predicted octanol–water partition coefficient (Wildman–Crippen LogP) is 4.30. The van der Waals surface area contributed by atoms with Crippen LogP contribution in [0.2, 0.25) is 0 Å². The minimum atomic E-state index is -0.201. The Labute approximate surface area is 164 Å². The Hall–Kier alpha value is -3.15. The van der Waals surface area contributed by atoms with Crippen molar-refractivity contribution in [2.75, 3.05) is 41.3 Å². The molecule has 0 spiro atoms. The molecular weight excluding hydrogens is 353 g/mol. The van der Waals surface area contributed by atoms with E-state index in [4.69, 9.17) is 4.98 Å². The van der Waals surface area contributed by atoms with Gasteiger partial charge < -0.3 is 15.1 Å². The van der Waals surface area contributed by atoms with Crippen molar-refractivity contribution < 1.29 is 4.39 Å². The Bertz CT molecular complexity index is 932. The molecule has 1 fully saturated rings. The molecule has 28 heavy (non-hydrogen) atoms. The maximum absolute atomic E-state index is 13.1. The number of aromatic nitrogens is 2. The van der Waals surface area contributed by atoms with Gasteiger partial charge in [0.25, 0.3) is 0 Å². The van der Waals surface area contributed by atoms with Crippen molar-refractivity contribution in [1.82, 2.24) is 9.97 Å². The molecule has 0 saturated carbocycles. The van der Waals surface area contributed by atoms with Crippen LogP contribution in [0.15, 0.2) is 54.6 Å². The third kappa shape index (κ3) is 4.22. The van der Waals surface area contributed by atoms with E-state index in [-0.39, 0.29) is 5.82 Å². The summed E-state index contributed by atoms with van der Waals surface area (Å²) in [6.45, 7) is 7.51. The van der Waals surface area contributed by atoms with Gasteiger partial charge in [0.2, 0.25) is 5.95 Å². The van der Waals surface area contributed by atoms with Crippen LogP contribution in [0.5, 0.6) is 0 Å². The summed E-state index contributed by atoms with van der Waals surface area (Å²) >= 11 is 0. The molecule has 0 unspecified atom stereocenters. The molecule has 4 rings (SSSR count). The highest BCUT2D eigenvalue weighted by atomic mass is 19.1. The molecule has 0 atom stereocenters. The maximum Gasteiger partial charge on any atom is 0.229 e. The summed E-state index contributed by atoms with van der Waals surface area (Å²) in [5.41, 5.74) is 4.18. The number of nitrogens with one attached hydrogen (secondary N) is 1. The lowest BCUT2D eigenvalue weighted by molar-refractivity contribution is 0.624. The molecule has 0 radical (unpaired) electrons. The van der Waals surface area contributed by atoms with Crippen molar-refractivity contribution >= 4 is 23.1 Å². The van der Waals surface area contributed by atoms with Crippen molar-refractivity contribution in [3.8, 4) is 0 Å². The molecule has 1 aliphatic rings. The smallest absolute Gasteiger partial charge is 0.229 e. The topological polar surface area (TPSA) is 44.3 Å². The van der Waals surface area contributed by atoms with Gasteiger partial charge in [-0.15, -0.1) is 0 Å². The first-order chi connectivity index (χ1) is 13.6. The third-order valence-electron chi connectivity index (χ3n) is 4.94. The fraction of sp³-hybridized carbons (Fsp3) is 0.273. The predicted molar refractivity (Wildman–Crippen MR) is 112 cm³/mol. The van der Waals surface area contributed by atoms with Gasteiger partial charge in [0.05, 0.1) is 0 Å². The number of rotatable bonds is 4. The second-order valence-electron chi connectivity index (χ2n) is 7.13. The number of aryl methyl sites for hydroxylation is 2. The van der Waals surface area contributed by atoms with Gasteiger partial charge in [-0.25, -0.2) is 9.37 Å². The minimum absolute atomic E-state index is 0.201. The normalized spacial score (nSPS) is 14.2. The molecule has 5 nitrogen and oxygen atoms in total. The summed E-state index contributed by atoms with van der Waals surface area (Å²) in [6.07, 6.45) is 0. The van der Waals surface area contributed by atoms with Crippen LogP contribution in [0.4, 0.5) is 27.5 Å². The van der Waals surface area contributed by atoms with Crippen LogP contribution in [-0.2, 0) is 0 Å². The van der Waals surface area contributed by atoms with Crippen LogP contribution in [0, 0.1) is 19.7 Å². The van der Waals surface area contributed by atoms with Crippen LogP contribution in [0.1, 0.15) is 11.3 Å². The number of halogens is 1. The van der Waals surface area contributed by atoms with Crippen LogP contribution < -0.4 is 15.1 Å². The van der Waals surface area contributed by atoms with E-state index in [1.165, 1.54) is 17.7 Å². The summed E-state index contributed by atoms with van der Waals surface area (Å²) < 4.78 is 13.1. The standard InChI is InChI=1S/C22H24FN5/c1-16-3-7-19(8-4-16)25-22-24-17(2)15-21(26-22)28-13-11-27(12-14-28)20-9-5-18(23)6-10-20/h3-10,15H,11-14H2,1-2H3,(H,24,25,26). The highest BCUT2D eigenvalue weighted by molar-refractivity contribution is 5.56. The van der Waals surface area contributed by atoms with Gasteiger partial charge >= 0.3 is 0 Å². The summed E-state index contributed by atoms with van der Waals surface area (Å²) in [4.78, 5) is 13.8. The number of benzene rings is 2. The zero-order chi connectivity index (χ0) is 19.5. The lowest BCUT2D eigenvalue weighted by Crippen LogP contribution is -2.46.